The van der Waals surface area contributed by atoms with E-state index in [0.717, 1.165) is 19.3 Å². The Morgan fingerprint density at radius 2 is 1.69 bits per heavy atom. The summed E-state index contributed by atoms with van der Waals surface area (Å²) in [6.07, 6.45) is 3.34. The molecule has 0 spiro atoms. The molecule has 0 atom stereocenters. The number of unbranched alkanes of at least 4 members (excludes halogenated alkanes) is 2. The summed E-state index contributed by atoms with van der Waals surface area (Å²) < 4.78 is 9.66. The highest BCUT2D eigenvalue weighted by molar-refractivity contribution is 7.80. The third-order valence-corrected chi connectivity index (χ3v) is 3.98. The molecule has 0 saturated carbocycles. The van der Waals surface area contributed by atoms with Crippen molar-refractivity contribution in [3.8, 4) is 0 Å². The molecule has 0 aromatic heterocycles. The summed E-state index contributed by atoms with van der Waals surface area (Å²) in [5.74, 6) is -0.908. The number of benzene rings is 1. The van der Waals surface area contributed by atoms with Crippen LogP contribution in [0.3, 0.4) is 0 Å². The van der Waals surface area contributed by atoms with E-state index in [0.29, 0.717) is 24.4 Å². The van der Waals surface area contributed by atoms with Gasteiger partial charge in [0.2, 0.25) is 11.8 Å². The van der Waals surface area contributed by atoms with Gasteiger partial charge < -0.3 is 25.4 Å². The van der Waals surface area contributed by atoms with E-state index in [-0.39, 0.29) is 30.5 Å². The van der Waals surface area contributed by atoms with E-state index in [1.54, 1.807) is 24.3 Å². The molecular formula is C20H29N3O5S. The van der Waals surface area contributed by atoms with Crippen LogP contribution < -0.4 is 16.0 Å². The quantitative estimate of drug-likeness (QED) is 0.270. The van der Waals surface area contributed by atoms with E-state index in [2.05, 4.69) is 22.9 Å². The van der Waals surface area contributed by atoms with Crippen LogP contribution in [-0.2, 0) is 23.9 Å². The molecule has 0 bridgehead atoms. The second kappa shape index (κ2) is 14.5. The van der Waals surface area contributed by atoms with Gasteiger partial charge in [0.05, 0.1) is 13.0 Å². The average Bonchev–Trinajstić information content (AvgIpc) is 2.67. The van der Waals surface area contributed by atoms with Crippen molar-refractivity contribution in [2.45, 2.75) is 45.4 Å². The second-order valence-corrected chi connectivity index (χ2v) is 6.71. The number of nitrogens with one attached hydrogen (secondary N) is 3. The van der Waals surface area contributed by atoms with E-state index in [1.165, 1.54) is 7.11 Å². The van der Waals surface area contributed by atoms with Crippen LogP contribution in [0.2, 0.25) is 0 Å². The molecule has 1 aromatic rings. The van der Waals surface area contributed by atoms with E-state index < -0.39 is 11.9 Å². The van der Waals surface area contributed by atoms with Crippen molar-refractivity contribution in [3.63, 3.8) is 0 Å². The highest BCUT2D eigenvalue weighted by atomic mass is 32.1. The van der Waals surface area contributed by atoms with Gasteiger partial charge in [-0.15, -0.1) is 0 Å². The van der Waals surface area contributed by atoms with Crippen molar-refractivity contribution < 1.29 is 23.9 Å². The van der Waals surface area contributed by atoms with Crippen LogP contribution in [0.5, 0.6) is 0 Å². The number of carbonyl (C=O) groups is 3. The number of rotatable bonds is 12. The number of anilines is 2. The zero-order chi connectivity index (χ0) is 21.5. The zero-order valence-electron chi connectivity index (χ0n) is 16.9. The molecule has 0 radical (unpaired) electrons. The van der Waals surface area contributed by atoms with Crippen molar-refractivity contribution in [3.05, 3.63) is 24.3 Å². The lowest BCUT2D eigenvalue weighted by atomic mass is 10.2. The normalized spacial score (nSPS) is 10.1. The van der Waals surface area contributed by atoms with Gasteiger partial charge >= 0.3 is 5.97 Å². The lowest BCUT2D eigenvalue weighted by molar-refractivity contribution is -0.146. The first kappa shape index (κ1) is 24.5. The summed E-state index contributed by atoms with van der Waals surface area (Å²) >= 11 is 5.12. The highest BCUT2D eigenvalue weighted by Crippen LogP contribution is 2.15. The molecule has 0 heterocycles. The molecule has 0 saturated heterocycles. The first-order valence-electron chi connectivity index (χ1n) is 9.60. The van der Waals surface area contributed by atoms with E-state index >= 15 is 0 Å². The number of hydrogen-bond donors (Lipinski definition) is 3. The highest BCUT2D eigenvalue weighted by Gasteiger charge is 2.10. The number of hydrogen-bond acceptors (Lipinski definition) is 6. The van der Waals surface area contributed by atoms with E-state index in [1.807, 2.05) is 0 Å². The van der Waals surface area contributed by atoms with Crippen molar-refractivity contribution in [2.75, 3.05) is 31.0 Å². The van der Waals surface area contributed by atoms with Gasteiger partial charge in [0.15, 0.2) is 5.11 Å². The largest absolute Gasteiger partial charge is 0.463 e. The fourth-order valence-corrected chi connectivity index (χ4v) is 2.54. The van der Waals surface area contributed by atoms with Crippen LogP contribution in [0.15, 0.2) is 24.3 Å². The molecule has 3 N–H and O–H groups in total. The minimum absolute atomic E-state index is 0.0381. The smallest absolute Gasteiger partial charge is 0.306 e. The monoisotopic (exact) mass is 423 g/mol. The summed E-state index contributed by atoms with van der Waals surface area (Å²) in [6, 6.07) is 7.03. The van der Waals surface area contributed by atoms with Crippen molar-refractivity contribution >= 4 is 46.5 Å². The Kier molecular flexibility index (Phi) is 12.2. The molecular weight excluding hydrogens is 394 g/mol. The van der Waals surface area contributed by atoms with Crippen LogP contribution in [0.4, 0.5) is 11.4 Å². The minimum Gasteiger partial charge on any atom is -0.463 e. The number of carbonyl (C=O) groups excluding carboxylic acids is 3. The summed E-state index contributed by atoms with van der Waals surface area (Å²) in [6.45, 7) is 2.55. The Morgan fingerprint density at radius 3 is 2.38 bits per heavy atom. The molecule has 0 unspecified atom stereocenters. The zero-order valence-corrected chi connectivity index (χ0v) is 17.7. The molecule has 1 rings (SSSR count). The van der Waals surface area contributed by atoms with Crippen LogP contribution in [0.25, 0.3) is 0 Å². The number of amides is 2. The standard InChI is InChI=1S/C20H29N3O5S/c1-3-4-5-9-17(24)21-15-7-6-8-16(14-15)22-20(29)23-18(25)10-11-19(26)28-13-12-27-2/h6-8,14H,3-5,9-13H2,1-2H3,(H,21,24)(H2,22,23,25,29). The number of esters is 1. The maximum atomic E-state index is 11.9. The number of ether oxygens (including phenoxy) is 2. The maximum Gasteiger partial charge on any atom is 0.306 e. The average molecular weight is 424 g/mol. The molecule has 1 aromatic carbocycles. The van der Waals surface area contributed by atoms with E-state index in [4.69, 9.17) is 21.7 Å². The molecule has 0 aliphatic heterocycles. The predicted octanol–water partition coefficient (Wildman–Crippen LogP) is 2.99. The first-order chi connectivity index (χ1) is 13.9. The van der Waals surface area contributed by atoms with E-state index in [9.17, 15) is 14.4 Å². The molecule has 9 heteroatoms. The fourth-order valence-electron chi connectivity index (χ4n) is 2.31. The maximum absolute atomic E-state index is 11.9. The Bertz CT molecular complexity index is 696. The van der Waals surface area contributed by atoms with Crippen molar-refractivity contribution in [2.24, 2.45) is 0 Å². The van der Waals surface area contributed by atoms with Gasteiger partial charge in [-0.1, -0.05) is 25.8 Å². The summed E-state index contributed by atoms with van der Waals surface area (Å²) in [5.41, 5.74) is 1.27. The summed E-state index contributed by atoms with van der Waals surface area (Å²) in [4.78, 5) is 35.3. The Hall–Kier alpha value is -2.52. The van der Waals surface area contributed by atoms with Gasteiger partial charge in [0, 0.05) is 31.3 Å². The Labute approximate surface area is 176 Å². The van der Waals surface area contributed by atoms with Gasteiger partial charge in [0.25, 0.3) is 0 Å². The fraction of sp³-hybridized carbons (Fsp3) is 0.500. The summed E-state index contributed by atoms with van der Waals surface area (Å²) in [5, 5.41) is 8.34. The molecule has 0 aliphatic carbocycles. The Morgan fingerprint density at radius 1 is 0.966 bits per heavy atom. The van der Waals surface area contributed by atoms with Crippen molar-refractivity contribution in [1.29, 1.82) is 0 Å². The van der Waals surface area contributed by atoms with Gasteiger partial charge in [-0.2, -0.15) is 0 Å². The molecule has 2 amide bonds. The molecule has 0 aliphatic rings. The van der Waals surface area contributed by atoms with Gasteiger partial charge in [-0.05, 0) is 36.8 Å². The summed E-state index contributed by atoms with van der Waals surface area (Å²) in [7, 11) is 1.51. The van der Waals surface area contributed by atoms with Gasteiger partial charge in [0.1, 0.15) is 6.61 Å². The topological polar surface area (TPSA) is 106 Å². The predicted molar refractivity (Wildman–Crippen MR) is 116 cm³/mol. The van der Waals surface area contributed by atoms with Crippen molar-refractivity contribution in [1.82, 2.24) is 5.32 Å². The Balaban J connectivity index is 2.39. The van der Waals surface area contributed by atoms with Gasteiger partial charge in [-0.3, -0.25) is 14.4 Å². The lowest BCUT2D eigenvalue weighted by Gasteiger charge is -2.11. The molecule has 29 heavy (non-hydrogen) atoms. The molecule has 160 valence electrons. The van der Waals surface area contributed by atoms with Crippen LogP contribution in [-0.4, -0.2) is 43.2 Å². The van der Waals surface area contributed by atoms with Crippen LogP contribution in [0, 0.1) is 0 Å². The first-order valence-corrected chi connectivity index (χ1v) is 10.0. The van der Waals surface area contributed by atoms with Gasteiger partial charge in [-0.25, -0.2) is 0 Å². The lowest BCUT2D eigenvalue weighted by Crippen LogP contribution is -2.34. The second-order valence-electron chi connectivity index (χ2n) is 6.30. The number of thiocarbonyl (C=S) groups is 1. The van der Waals surface area contributed by atoms with Crippen LogP contribution in [0.1, 0.15) is 45.4 Å². The van der Waals surface area contributed by atoms with Crippen LogP contribution >= 0.6 is 12.2 Å². The number of methoxy groups -OCH3 is 1. The third kappa shape index (κ3) is 11.8. The SMILES string of the molecule is CCCCCC(=O)Nc1cccc(NC(=S)NC(=O)CCC(=O)OCCOC)c1. The molecule has 0 fully saturated rings. The molecule has 8 nitrogen and oxygen atoms in total. The third-order valence-electron chi connectivity index (χ3n) is 3.77. The minimum atomic E-state index is -0.474.